The van der Waals surface area contributed by atoms with E-state index in [2.05, 4.69) is 29.8 Å². The van der Waals surface area contributed by atoms with E-state index in [9.17, 15) is 4.79 Å². The van der Waals surface area contributed by atoms with Crippen molar-refractivity contribution >= 4 is 22.9 Å². The average molecular weight is 312 g/mol. The second-order valence-corrected chi connectivity index (χ2v) is 6.59. The summed E-state index contributed by atoms with van der Waals surface area (Å²) in [6.45, 7) is 3.65. The van der Waals surface area contributed by atoms with Gasteiger partial charge in [0.2, 0.25) is 0 Å². The van der Waals surface area contributed by atoms with Crippen LogP contribution in [0.25, 0.3) is 0 Å². The van der Waals surface area contributed by atoms with E-state index >= 15 is 0 Å². The number of fused-ring (bicyclic) bond motifs is 1. The molecule has 5 heteroatoms. The summed E-state index contributed by atoms with van der Waals surface area (Å²) >= 11 is 1.82. The Labute approximate surface area is 134 Å². The third-order valence-corrected chi connectivity index (χ3v) is 5.21. The normalized spacial score (nSPS) is 20.0. The molecular formula is C17H18N3OS+. The summed E-state index contributed by atoms with van der Waals surface area (Å²) in [4.78, 5) is 15.0. The van der Waals surface area contributed by atoms with Gasteiger partial charge < -0.3 is 10.2 Å². The molecule has 1 aliphatic rings. The lowest BCUT2D eigenvalue weighted by Gasteiger charge is -2.29. The molecule has 2 heterocycles. The number of quaternary nitrogens is 1. The second-order valence-electron chi connectivity index (χ2n) is 5.59. The molecule has 4 nitrogen and oxygen atoms in total. The monoisotopic (exact) mass is 312 g/mol. The molecule has 1 amide bonds. The van der Waals surface area contributed by atoms with Crippen LogP contribution in [0.5, 0.6) is 0 Å². The maximum Gasteiger partial charge on any atom is 0.279 e. The summed E-state index contributed by atoms with van der Waals surface area (Å²) in [6.07, 6.45) is 1.05. The topological polar surface area (TPSA) is 57.3 Å². The number of hydrogen-bond donors (Lipinski definition) is 2. The van der Waals surface area contributed by atoms with Crippen molar-refractivity contribution in [3.8, 4) is 6.07 Å². The third kappa shape index (κ3) is 3.03. The van der Waals surface area contributed by atoms with Crippen LogP contribution in [0.15, 0.2) is 35.7 Å². The number of amides is 1. The number of carbonyl (C=O) groups excluding carboxylic acids is 1. The fourth-order valence-electron chi connectivity index (χ4n) is 2.93. The summed E-state index contributed by atoms with van der Waals surface area (Å²) in [6, 6.07) is 11.6. The first-order valence-electron chi connectivity index (χ1n) is 7.38. The van der Waals surface area contributed by atoms with Gasteiger partial charge in [0.15, 0.2) is 6.54 Å². The van der Waals surface area contributed by atoms with E-state index in [0.717, 1.165) is 18.7 Å². The SMILES string of the molecule is C[C@H]1c2ccsc2CC[NH+]1CC(=O)Nc1ccc(C#N)cc1. The average Bonchev–Trinajstić information content (AvgIpc) is 3.00. The minimum Gasteiger partial charge on any atom is -0.321 e. The largest absolute Gasteiger partial charge is 0.321 e. The maximum atomic E-state index is 12.2. The quantitative estimate of drug-likeness (QED) is 0.907. The molecule has 0 fully saturated rings. The van der Waals surface area contributed by atoms with Crippen molar-refractivity contribution in [1.82, 2.24) is 0 Å². The van der Waals surface area contributed by atoms with Gasteiger partial charge >= 0.3 is 0 Å². The van der Waals surface area contributed by atoms with Gasteiger partial charge in [-0.15, -0.1) is 11.3 Å². The van der Waals surface area contributed by atoms with Gasteiger partial charge in [-0.05, 0) is 42.6 Å². The van der Waals surface area contributed by atoms with Crippen LogP contribution in [-0.4, -0.2) is 19.0 Å². The predicted molar refractivity (Wildman–Crippen MR) is 86.9 cm³/mol. The molecule has 112 valence electrons. The zero-order chi connectivity index (χ0) is 15.5. The molecule has 1 aliphatic heterocycles. The highest BCUT2D eigenvalue weighted by molar-refractivity contribution is 7.10. The Balaban J connectivity index is 1.61. The van der Waals surface area contributed by atoms with Crippen LogP contribution >= 0.6 is 11.3 Å². The second kappa shape index (κ2) is 6.30. The van der Waals surface area contributed by atoms with E-state index in [1.807, 2.05) is 11.3 Å². The standard InChI is InChI=1S/C17H17N3OS/c1-12-15-7-9-22-16(15)6-8-20(12)11-17(21)19-14-4-2-13(10-18)3-5-14/h2-5,7,9,12H,6,8,11H2,1H3,(H,19,21)/p+1/t12-/m0/s1. The van der Waals surface area contributed by atoms with Crippen molar-refractivity contribution in [3.63, 3.8) is 0 Å². The summed E-state index contributed by atoms with van der Waals surface area (Å²) in [5.74, 6) is 0.0187. The van der Waals surface area contributed by atoms with Gasteiger partial charge in [-0.2, -0.15) is 5.26 Å². The number of thiophene rings is 1. The Morgan fingerprint density at radius 3 is 2.91 bits per heavy atom. The number of carbonyl (C=O) groups is 1. The molecular weight excluding hydrogens is 294 g/mol. The van der Waals surface area contributed by atoms with Gasteiger partial charge in [0.25, 0.3) is 5.91 Å². The number of hydrogen-bond acceptors (Lipinski definition) is 3. The highest BCUT2D eigenvalue weighted by atomic mass is 32.1. The number of nitrogens with zero attached hydrogens (tertiary/aromatic N) is 1. The predicted octanol–water partition coefficient (Wildman–Crippen LogP) is 1.76. The Bertz CT molecular complexity index is 714. The van der Waals surface area contributed by atoms with Crippen molar-refractivity contribution in [1.29, 1.82) is 5.26 Å². The fraction of sp³-hybridized carbons (Fsp3) is 0.294. The summed E-state index contributed by atoms with van der Waals surface area (Å²) < 4.78 is 0. The molecule has 0 aliphatic carbocycles. The van der Waals surface area contributed by atoms with Crippen molar-refractivity contribution < 1.29 is 9.69 Å². The first-order valence-corrected chi connectivity index (χ1v) is 8.26. The molecule has 22 heavy (non-hydrogen) atoms. The van der Waals surface area contributed by atoms with Crippen LogP contribution in [0, 0.1) is 11.3 Å². The molecule has 0 saturated heterocycles. The van der Waals surface area contributed by atoms with Gasteiger partial charge in [-0.3, -0.25) is 4.79 Å². The van der Waals surface area contributed by atoms with Crippen molar-refractivity contribution in [2.75, 3.05) is 18.4 Å². The van der Waals surface area contributed by atoms with Crippen LogP contribution in [0.3, 0.4) is 0 Å². The molecule has 2 N–H and O–H groups in total. The zero-order valence-electron chi connectivity index (χ0n) is 12.4. The lowest BCUT2D eigenvalue weighted by molar-refractivity contribution is -0.923. The smallest absolute Gasteiger partial charge is 0.279 e. The minimum atomic E-state index is 0.0187. The van der Waals surface area contributed by atoms with Gasteiger partial charge in [0.05, 0.1) is 18.2 Å². The summed E-state index contributed by atoms with van der Waals surface area (Å²) in [7, 11) is 0. The molecule has 3 rings (SSSR count). The molecule has 2 aromatic rings. The summed E-state index contributed by atoms with van der Waals surface area (Å²) in [5, 5.41) is 13.8. The lowest BCUT2D eigenvalue weighted by Crippen LogP contribution is -3.14. The van der Waals surface area contributed by atoms with Gasteiger partial charge in [0, 0.05) is 22.5 Å². The number of nitriles is 1. The third-order valence-electron chi connectivity index (χ3n) is 4.22. The van der Waals surface area contributed by atoms with Gasteiger partial charge in [-0.1, -0.05) is 0 Å². The number of rotatable bonds is 3. The summed E-state index contributed by atoms with van der Waals surface area (Å²) in [5.41, 5.74) is 2.72. The van der Waals surface area contributed by atoms with E-state index in [0.29, 0.717) is 18.2 Å². The fourth-order valence-corrected chi connectivity index (χ4v) is 3.91. The Kier molecular flexibility index (Phi) is 4.23. The Hall–Kier alpha value is -2.16. The molecule has 1 aromatic carbocycles. The van der Waals surface area contributed by atoms with Crippen LogP contribution in [-0.2, 0) is 11.2 Å². The highest BCUT2D eigenvalue weighted by Gasteiger charge is 2.29. The van der Waals surface area contributed by atoms with E-state index in [4.69, 9.17) is 5.26 Å². The van der Waals surface area contributed by atoms with Crippen LogP contribution < -0.4 is 10.2 Å². The van der Waals surface area contributed by atoms with E-state index < -0.39 is 0 Å². The first-order chi connectivity index (χ1) is 10.7. The molecule has 0 spiro atoms. The van der Waals surface area contributed by atoms with Crippen molar-refractivity contribution in [3.05, 3.63) is 51.7 Å². The van der Waals surface area contributed by atoms with Crippen LogP contribution in [0.2, 0.25) is 0 Å². The van der Waals surface area contributed by atoms with E-state index in [1.54, 1.807) is 24.3 Å². The van der Waals surface area contributed by atoms with E-state index in [1.165, 1.54) is 15.3 Å². The van der Waals surface area contributed by atoms with Crippen molar-refractivity contribution in [2.24, 2.45) is 0 Å². The molecule has 1 unspecified atom stereocenters. The number of nitrogens with one attached hydrogen (secondary N) is 2. The Morgan fingerprint density at radius 2 is 2.18 bits per heavy atom. The molecule has 0 bridgehead atoms. The van der Waals surface area contributed by atoms with E-state index in [-0.39, 0.29) is 5.91 Å². The Morgan fingerprint density at radius 1 is 1.41 bits per heavy atom. The minimum absolute atomic E-state index is 0.0187. The van der Waals surface area contributed by atoms with Crippen molar-refractivity contribution in [2.45, 2.75) is 19.4 Å². The number of benzene rings is 1. The maximum absolute atomic E-state index is 12.2. The van der Waals surface area contributed by atoms with Crippen LogP contribution in [0.4, 0.5) is 5.69 Å². The molecule has 0 radical (unpaired) electrons. The van der Waals surface area contributed by atoms with Gasteiger partial charge in [-0.25, -0.2) is 0 Å². The molecule has 1 aromatic heterocycles. The highest BCUT2D eigenvalue weighted by Crippen LogP contribution is 2.24. The number of anilines is 1. The molecule has 0 saturated carbocycles. The van der Waals surface area contributed by atoms with Crippen LogP contribution in [0.1, 0.15) is 29.0 Å². The molecule has 2 atom stereocenters. The van der Waals surface area contributed by atoms with Gasteiger partial charge in [0.1, 0.15) is 6.04 Å². The first kappa shape index (κ1) is 14.8. The zero-order valence-corrected chi connectivity index (χ0v) is 13.2. The lowest BCUT2D eigenvalue weighted by atomic mass is 10.0.